The molecule has 7 nitrogen and oxygen atoms in total. The number of hydrogen-bond donors (Lipinski definition) is 1. The van der Waals surface area contributed by atoms with Gasteiger partial charge in [0.2, 0.25) is 5.75 Å². The van der Waals surface area contributed by atoms with E-state index < -0.39 is 0 Å². The molecule has 140 valence electrons. The minimum absolute atomic E-state index is 0.234. The first kappa shape index (κ1) is 18.7. The molecule has 0 aliphatic rings. The van der Waals surface area contributed by atoms with Gasteiger partial charge in [-0.15, -0.1) is 5.10 Å². The van der Waals surface area contributed by atoms with E-state index in [-0.39, 0.29) is 5.91 Å². The van der Waals surface area contributed by atoms with E-state index in [1.54, 1.807) is 12.1 Å². The molecule has 2 aromatic carbocycles. The van der Waals surface area contributed by atoms with Gasteiger partial charge >= 0.3 is 0 Å². The number of nitrogens with zero attached hydrogens (tertiary/aromatic N) is 2. The van der Waals surface area contributed by atoms with Crippen LogP contribution in [0, 0.1) is 0 Å². The second-order valence-corrected chi connectivity index (χ2v) is 6.19. The summed E-state index contributed by atoms with van der Waals surface area (Å²) >= 11 is 1.31. The number of carbonyl (C=O) groups is 1. The Morgan fingerprint density at radius 1 is 1.04 bits per heavy atom. The Kier molecular flexibility index (Phi) is 5.87. The van der Waals surface area contributed by atoms with E-state index >= 15 is 0 Å². The molecular weight excluding hydrogens is 366 g/mol. The fourth-order valence-electron chi connectivity index (χ4n) is 2.58. The second-order valence-electron chi connectivity index (χ2n) is 5.58. The van der Waals surface area contributed by atoms with Gasteiger partial charge < -0.3 is 19.5 Å². The molecule has 0 radical (unpaired) electrons. The summed E-state index contributed by atoms with van der Waals surface area (Å²) in [5, 5.41) is 8.82. The molecule has 0 aliphatic heterocycles. The summed E-state index contributed by atoms with van der Waals surface area (Å²) in [5.74, 6) is 1.08. The zero-order valence-electron chi connectivity index (χ0n) is 15.2. The van der Waals surface area contributed by atoms with Crippen LogP contribution < -0.4 is 19.5 Å². The van der Waals surface area contributed by atoms with Crippen molar-refractivity contribution in [1.29, 1.82) is 0 Å². The molecule has 0 aliphatic carbocycles. The maximum absolute atomic E-state index is 12.5. The van der Waals surface area contributed by atoms with Crippen LogP contribution in [0.15, 0.2) is 41.8 Å². The Morgan fingerprint density at radius 2 is 1.70 bits per heavy atom. The van der Waals surface area contributed by atoms with Gasteiger partial charge in [0.15, 0.2) is 11.5 Å². The average Bonchev–Trinajstić information content (AvgIpc) is 3.26. The van der Waals surface area contributed by atoms with E-state index in [4.69, 9.17) is 14.2 Å². The lowest BCUT2D eigenvalue weighted by molar-refractivity contribution is 0.0950. The molecule has 27 heavy (non-hydrogen) atoms. The van der Waals surface area contributed by atoms with Crippen LogP contribution in [0.2, 0.25) is 0 Å². The van der Waals surface area contributed by atoms with Crippen LogP contribution in [0.4, 0.5) is 0 Å². The van der Waals surface area contributed by atoms with Crippen molar-refractivity contribution in [3.63, 3.8) is 0 Å². The molecule has 0 saturated heterocycles. The molecule has 1 N–H and O–H groups in total. The van der Waals surface area contributed by atoms with Crippen LogP contribution in [0.1, 0.15) is 15.9 Å². The Labute approximate surface area is 161 Å². The Bertz CT molecular complexity index is 886. The first-order valence-electron chi connectivity index (χ1n) is 8.10. The largest absolute Gasteiger partial charge is 0.493 e. The summed E-state index contributed by atoms with van der Waals surface area (Å²) in [4.78, 5) is 12.5. The van der Waals surface area contributed by atoms with Gasteiger partial charge in [0, 0.05) is 23.1 Å². The highest BCUT2D eigenvalue weighted by Crippen LogP contribution is 2.38. The fourth-order valence-corrected chi connectivity index (χ4v) is 3.05. The van der Waals surface area contributed by atoms with Crippen LogP contribution >= 0.6 is 11.5 Å². The summed E-state index contributed by atoms with van der Waals surface area (Å²) in [5.41, 5.74) is 3.23. The highest BCUT2D eigenvalue weighted by Gasteiger charge is 2.16. The predicted molar refractivity (Wildman–Crippen MR) is 103 cm³/mol. The minimum Gasteiger partial charge on any atom is -0.493 e. The number of methoxy groups -OCH3 is 3. The SMILES string of the molecule is COc1cc(C(=O)NCc2ccc(-c3csnn3)cc2)cc(OC)c1OC. The maximum Gasteiger partial charge on any atom is 0.251 e. The van der Waals surface area contributed by atoms with E-state index in [0.29, 0.717) is 29.4 Å². The third-order valence-corrected chi connectivity index (χ3v) is 4.49. The zero-order valence-corrected chi connectivity index (χ0v) is 16.0. The summed E-state index contributed by atoms with van der Waals surface area (Å²) in [7, 11) is 4.54. The summed E-state index contributed by atoms with van der Waals surface area (Å²) < 4.78 is 19.7. The van der Waals surface area contributed by atoms with E-state index in [1.807, 2.05) is 29.6 Å². The highest BCUT2D eigenvalue weighted by molar-refractivity contribution is 7.03. The summed E-state index contributed by atoms with van der Waals surface area (Å²) in [6.07, 6.45) is 0. The molecule has 0 fully saturated rings. The van der Waals surface area contributed by atoms with E-state index in [1.165, 1.54) is 32.9 Å². The standard InChI is InChI=1S/C19H19N3O4S/c1-24-16-8-14(9-17(25-2)18(16)26-3)19(23)20-10-12-4-6-13(7-5-12)15-11-27-22-21-15/h4-9,11H,10H2,1-3H3,(H,20,23). The van der Waals surface area contributed by atoms with Crippen molar-refractivity contribution in [2.45, 2.75) is 6.54 Å². The molecule has 0 bridgehead atoms. The normalized spacial score (nSPS) is 10.3. The first-order chi connectivity index (χ1) is 13.2. The summed E-state index contributed by atoms with van der Waals surface area (Å²) in [6, 6.07) is 11.0. The molecule has 1 amide bonds. The molecule has 3 aromatic rings. The number of rotatable bonds is 7. The summed E-state index contributed by atoms with van der Waals surface area (Å²) in [6.45, 7) is 0.394. The third-order valence-electron chi connectivity index (χ3n) is 3.99. The van der Waals surface area contributed by atoms with Gasteiger partial charge in [-0.3, -0.25) is 4.79 Å². The van der Waals surface area contributed by atoms with Crippen LogP contribution in [-0.4, -0.2) is 36.8 Å². The molecule has 8 heteroatoms. The van der Waals surface area contributed by atoms with Crippen molar-refractivity contribution in [2.24, 2.45) is 0 Å². The van der Waals surface area contributed by atoms with Gasteiger partial charge in [-0.1, -0.05) is 28.8 Å². The minimum atomic E-state index is -0.234. The second kappa shape index (κ2) is 8.50. The Morgan fingerprint density at radius 3 is 2.22 bits per heavy atom. The fraction of sp³-hybridized carbons (Fsp3) is 0.211. The van der Waals surface area contributed by atoms with Gasteiger partial charge in [-0.05, 0) is 29.2 Å². The molecule has 1 aromatic heterocycles. The van der Waals surface area contributed by atoms with E-state index in [9.17, 15) is 4.79 Å². The molecule has 3 rings (SSSR count). The lowest BCUT2D eigenvalue weighted by Crippen LogP contribution is -2.22. The first-order valence-corrected chi connectivity index (χ1v) is 8.94. The number of hydrogen-bond acceptors (Lipinski definition) is 7. The number of benzene rings is 2. The topological polar surface area (TPSA) is 82.6 Å². The van der Waals surface area contributed by atoms with Gasteiger partial charge in [0.05, 0.1) is 21.3 Å². The van der Waals surface area contributed by atoms with Gasteiger partial charge in [-0.2, -0.15) is 0 Å². The van der Waals surface area contributed by atoms with Gasteiger partial charge in [0.25, 0.3) is 5.91 Å². The van der Waals surface area contributed by atoms with E-state index in [0.717, 1.165) is 16.8 Å². The number of amides is 1. The molecule has 0 unspecified atom stereocenters. The van der Waals surface area contributed by atoms with Gasteiger partial charge in [-0.25, -0.2) is 0 Å². The Balaban J connectivity index is 1.70. The molecule has 0 saturated carbocycles. The third kappa shape index (κ3) is 4.17. The van der Waals surface area contributed by atoms with E-state index in [2.05, 4.69) is 14.9 Å². The highest BCUT2D eigenvalue weighted by atomic mass is 32.1. The Hall–Kier alpha value is -3.13. The lowest BCUT2D eigenvalue weighted by Gasteiger charge is -2.14. The van der Waals surface area contributed by atoms with Crippen molar-refractivity contribution in [1.82, 2.24) is 14.9 Å². The van der Waals surface area contributed by atoms with Crippen molar-refractivity contribution in [3.05, 3.63) is 52.9 Å². The molecule has 0 atom stereocenters. The number of nitrogens with one attached hydrogen (secondary N) is 1. The number of carbonyl (C=O) groups excluding carboxylic acids is 1. The van der Waals surface area contributed by atoms with Crippen molar-refractivity contribution >= 4 is 17.4 Å². The van der Waals surface area contributed by atoms with Crippen molar-refractivity contribution in [2.75, 3.05) is 21.3 Å². The van der Waals surface area contributed by atoms with Crippen LogP contribution in [-0.2, 0) is 6.54 Å². The number of aromatic nitrogens is 2. The number of ether oxygens (including phenoxy) is 3. The van der Waals surface area contributed by atoms with Gasteiger partial charge in [0.1, 0.15) is 5.69 Å². The quantitative estimate of drug-likeness (QED) is 0.673. The maximum atomic E-state index is 12.5. The predicted octanol–water partition coefficient (Wildman–Crippen LogP) is 3.16. The lowest BCUT2D eigenvalue weighted by atomic mass is 10.1. The van der Waals surface area contributed by atoms with Crippen LogP contribution in [0.25, 0.3) is 11.3 Å². The zero-order chi connectivity index (χ0) is 19.2. The van der Waals surface area contributed by atoms with Crippen LogP contribution in [0.5, 0.6) is 17.2 Å². The average molecular weight is 385 g/mol. The van der Waals surface area contributed by atoms with Crippen molar-refractivity contribution in [3.8, 4) is 28.5 Å². The molecule has 0 spiro atoms. The molecular formula is C19H19N3O4S. The monoisotopic (exact) mass is 385 g/mol. The smallest absolute Gasteiger partial charge is 0.251 e. The molecule has 1 heterocycles. The van der Waals surface area contributed by atoms with Crippen molar-refractivity contribution < 1.29 is 19.0 Å². The van der Waals surface area contributed by atoms with Crippen LogP contribution in [0.3, 0.4) is 0 Å².